The molecule has 2 rings (SSSR count). The van der Waals surface area contributed by atoms with Gasteiger partial charge in [0.05, 0.1) is 59.5 Å². The smallest absolute Gasteiger partial charge is 0.472 e. The van der Waals surface area contributed by atoms with Gasteiger partial charge in [-0.25, -0.2) is 4.57 Å². The minimum Gasteiger partial charge on any atom is -0.491 e. The molecular formula is C40H73O11P. The number of ether oxygens (including phenoxy) is 5. The Morgan fingerprint density at radius 3 is 1.94 bits per heavy atom. The van der Waals surface area contributed by atoms with Crippen molar-refractivity contribution >= 4 is 7.82 Å². The third-order valence-corrected chi connectivity index (χ3v) is 11.1. The molecule has 1 aliphatic heterocycles. The van der Waals surface area contributed by atoms with E-state index in [9.17, 15) is 14.6 Å². The summed E-state index contributed by atoms with van der Waals surface area (Å²) in [6.45, 7) is 19.1. The first-order valence-electron chi connectivity index (χ1n) is 19.8. The highest BCUT2D eigenvalue weighted by Gasteiger charge is 2.34. The monoisotopic (exact) mass is 760 g/mol. The van der Waals surface area contributed by atoms with Crippen LogP contribution in [0.5, 0.6) is 11.5 Å². The number of benzene rings is 1. The van der Waals surface area contributed by atoms with Gasteiger partial charge in [-0.15, -0.1) is 0 Å². The molecule has 0 amide bonds. The van der Waals surface area contributed by atoms with E-state index in [0.717, 1.165) is 65.2 Å². The van der Waals surface area contributed by atoms with E-state index in [0.29, 0.717) is 33.0 Å². The SMILES string of the molecule is Cc1c(C)c2c(c(C)c1OCCOCCOCCOCC(O)COP(=O)(O)OCCO)CC[C@@](C)(CCC[C@H](C)CCC[C@H](C)CCCC(C)C)O2. The molecular weight excluding hydrogens is 687 g/mol. The molecule has 0 fully saturated rings. The van der Waals surface area contributed by atoms with Crippen LogP contribution < -0.4 is 9.47 Å². The first-order chi connectivity index (χ1) is 24.7. The molecule has 304 valence electrons. The van der Waals surface area contributed by atoms with Crippen LogP contribution in [-0.2, 0) is 34.2 Å². The minimum absolute atomic E-state index is 0.0957. The largest absolute Gasteiger partial charge is 0.491 e. The molecule has 12 heteroatoms. The Hall–Kier alpha value is -1.27. The van der Waals surface area contributed by atoms with Crippen molar-refractivity contribution in [3.63, 3.8) is 0 Å². The maximum absolute atomic E-state index is 11.5. The molecule has 0 aromatic heterocycles. The number of fused-ring (bicyclic) bond motifs is 1. The highest BCUT2D eigenvalue weighted by molar-refractivity contribution is 7.47. The summed E-state index contributed by atoms with van der Waals surface area (Å²) in [5.74, 6) is 4.41. The summed E-state index contributed by atoms with van der Waals surface area (Å²) in [6, 6.07) is 0. The third-order valence-electron chi connectivity index (χ3n) is 10.1. The highest BCUT2D eigenvalue weighted by Crippen LogP contribution is 2.45. The fraction of sp³-hybridized carbons (Fsp3) is 0.850. The number of phosphoric acid groups is 1. The van der Waals surface area contributed by atoms with Gasteiger partial charge in [-0.3, -0.25) is 9.05 Å². The summed E-state index contributed by atoms with van der Waals surface area (Å²) in [6.07, 6.45) is 12.6. The fourth-order valence-corrected chi connectivity index (χ4v) is 7.51. The predicted octanol–water partition coefficient (Wildman–Crippen LogP) is 8.05. The lowest BCUT2D eigenvalue weighted by molar-refractivity contribution is -0.0251. The van der Waals surface area contributed by atoms with E-state index in [2.05, 4.69) is 64.4 Å². The van der Waals surface area contributed by atoms with Crippen LogP contribution in [0.4, 0.5) is 0 Å². The molecule has 1 aromatic rings. The van der Waals surface area contributed by atoms with Gasteiger partial charge in [0.1, 0.15) is 29.8 Å². The molecule has 0 saturated carbocycles. The van der Waals surface area contributed by atoms with Gasteiger partial charge in [-0.2, -0.15) is 0 Å². The van der Waals surface area contributed by atoms with Crippen molar-refractivity contribution in [1.82, 2.24) is 0 Å². The molecule has 0 bridgehead atoms. The zero-order valence-corrected chi connectivity index (χ0v) is 34.6. The van der Waals surface area contributed by atoms with Crippen LogP contribution >= 0.6 is 7.82 Å². The van der Waals surface area contributed by atoms with Gasteiger partial charge in [0.25, 0.3) is 0 Å². The van der Waals surface area contributed by atoms with Gasteiger partial charge in [-0.05, 0) is 87.8 Å². The van der Waals surface area contributed by atoms with Crippen LogP contribution in [-0.4, -0.2) is 92.9 Å². The van der Waals surface area contributed by atoms with Gasteiger partial charge in [0.15, 0.2) is 0 Å². The molecule has 1 aromatic carbocycles. The first kappa shape index (κ1) is 46.9. The van der Waals surface area contributed by atoms with E-state index >= 15 is 0 Å². The summed E-state index contributed by atoms with van der Waals surface area (Å²) in [5.41, 5.74) is 4.57. The Kier molecular flexibility index (Phi) is 22.5. The lowest BCUT2D eigenvalue weighted by Gasteiger charge is -2.38. The van der Waals surface area contributed by atoms with Crippen LogP contribution in [0.15, 0.2) is 0 Å². The Morgan fingerprint density at radius 2 is 1.33 bits per heavy atom. The van der Waals surface area contributed by atoms with E-state index in [4.69, 9.17) is 28.8 Å². The Bertz CT molecular complexity index is 1180. The van der Waals surface area contributed by atoms with Crippen molar-refractivity contribution in [3.05, 3.63) is 22.3 Å². The number of phosphoric ester groups is 1. The average molecular weight is 761 g/mol. The second-order valence-electron chi connectivity index (χ2n) is 15.5. The lowest BCUT2D eigenvalue weighted by atomic mass is 9.83. The summed E-state index contributed by atoms with van der Waals surface area (Å²) in [7, 11) is -4.30. The normalized spacial score (nSPS) is 18.8. The van der Waals surface area contributed by atoms with Crippen LogP contribution in [0, 0.1) is 38.5 Å². The number of hydrogen-bond acceptors (Lipinski definition) is 10. The number of aliphatic hydroxyl groups excluding tert-OH is 2. The minimum atomic E-state index is -4.30. The van der Waals surface area contributed by atoms with Crippen LogP contribution in [0.2, 0.25) is 0 Å². The van der Waals surface area contributed by atoms with Gasteiger partial charge in [0, 0.05) is 5.56 Å². The van der Waals surface area contributed by atoms with Crippen molar-refractivity contribution < 1.29 is 52.4 Å². The van der Waals surface area contributed by atoms with E-state index < -0.39 is 27.1 Å². The molecule has 5 atom stereocenters. The van der Waals surface area contributed by atoms with Crippen LogP contribution in [0.1, 0.15) is 121 Å². The molecule has 11 nitrogen and oxygen atoms in total. The molecule has 52 heavy (non-hydrogen) atoms. The second-order valence-corrected chi connectivity index (χ2v) is 17.0. The molecule has 0 spiro atoms. The zero-order chi connectivity index (χ0) is 38.6. The average Bonchev–Trinajstić information content (AvgIpc) is 3.09. The van der Waals surface area contributed by atoms with Gasteiger partial charge >= 0.3 is 7.82 Å². The zero-order valence-electron chi connectivity index (χ0n) is 33.7. The summed E-state index contributed by atoms with van der Waals surface area (Å²) >= 11 is 0. The quantitative estimate of drug-likeness (QED) is 0.0518. The van der Waals surface area contributed by atoms with Crippen molar-refractivity contribution in [1.29, 1.82) is 0 Å². The molecule has 0 radical (unpaired) electrons. The Balaban J connectivity index is 1.63. The topological polar surface area (TPSA) is 142 Å². The van der Waals surface area contributed by atoms with E-state index in [1.807, 2.05) is 0 Å². The lowest BCUT2D eigenvalue weighted by Crippen LogP contribution is -2.37. The standard InChI is InChI=1S/C40H73O11P/c1-30(2)12-9-13-31(3)14-10-15-32(4)16-11-18-40(8)19-17-37-35(7)38(33(5)34(6)39(37)51-40)48-27-26-46-23-22-45-24-25-47-28-36(42)29-50-52(43,44)49-21-20-41/h30-32,36,41-42H,9-29H2,1-8H3,(H,43,44)/t31-,32-,36?,40-/m1/s1. The molecule has 2 unspecified atom stereocenters. The highest BCUT2D eigenvalue weighted by atomic mass is 31.2. The Morgan fingerprint density at radius 1 is 0.750 bits per heavy atom. The van der Waals surface area contributed by atoms with Crippen LogP contribution in [0.25, 0.3) is 0 Å². The van der Waals surface area contributed by atoms with Crippen LogP contribution in [0.3, 0.4) is 0 Å². The molecule has 1 heterocycles. The van der Waals surface area contributed by atoms with Crippen molar-refractivity contribution in [2.45, 2.75) is 138 Å². The number of rotatable bonds is 30. The first-order valence-corrected chi connectivity index (χ1v) is 21.3. The van der Waals surface area contributed by atoms with Gasteiger partial charge in [0.2, 0.25) is 0 Å². The summed E-state index contributed by atoms with van der Waals surface area (Å²) in [5, 5.41) is 18.4. The van der Waals surface area contributed by atoms with Crippen molar-refractivity contribution in [2.24, 2.45) is 17.8 Å². The van der Waals surface area contributed by atoms with Gasteiger partial charge in [-0.1, -0.05) is 72.6 Å². The number of aliphatic hydroxyl groups is 2. The molecule has 1 aliphatic rings. The maximum atomic E-state index is 11.5. The van der Waals surface area contributed by atoms with Gasteiger partial charge < -0.3 is 38.8 Å². The molecule has 0 aliphatic carbocycles. The fourth-order valence-electron chi connectivity index (χ4n) is 6.76. The van der Waals surface area contributed by atoms with E-state index in [1.165, 1.54) is 56.9 Å². The third kappa shape index (κ3) is 18.4. The summed E-state index contributed by atoms with van der Waals surface area (Å²) < 4.78 is 50.2. The Labute approximate surface area is 315 Å². The van der Waals surface area contributed by atoms with Crippen molar-refractivity contribution in [2.75, 3.05) is 66.1 Å². The van der Waals surface area contributed by atoms with E-state index in [-0.39, 0.29) is 25.4 Å². The molecule has 0 saturated heterocycles. The van der Waals surface area contributed by atoms with E-state index in [1.54, 1.807) is 0 Å². The summed E-state index contributed by atoms with van der Waals surface area (Å²) in [4.78, 5) is 9.37. The number of hydrogen-bond donors (Lipinski definition) is 3. The maximum Gasteiger partial charge on any atom is 0.472 e. The van der Waals surface area contributed by atoms with Crippen molar-refractivity contribution in [3.8, 4) is 11.5 Å². The predicted molar refractivity (Wildman–Crippen MR) is 205 cm³/mol. The second kappa shape index (κ2) is 25.0. The molecule has 3 N–H and O–H groups in total.